The van der Waals surface area contributed by atoms with Crippen molar-refractivity contribution in [2.75, 3.05) is 7.11 Å². The Labute approximate surface area is 145 Å². The molecule has 7 heteroatoms. The molecule has 3 aromatic rings. The molecule has 1 unspecified atom stereocenters. The highest BCUT2D eigenvalue weighted by Gasteiger charge is 2.17. The number of ether oxygens (including phenoxy) is 1. The second-order valence-corrected chi connectivity index (χ2v) is 5.46. The molecule has 128 valence electrons. The number of aryl methyl sites for hydroxylation is 1. The van der Waals surface area contributed by atoms with Crippen LogP contribution in [0.15, 0.2) is 61.3 Å². The van der Waals surface area contributed by atoms with Gasteiger partial charge in [-0.25, -0.2) is 4.98 Å². The Morgan fingerprint density at radius 2 is 2.12 bits per heavy atom. The van der Waals surface area contributed by atoms with E-state index in [9.17, 15) is 4.79 Å². The minimum absolute atomic E-state index is 0.161. The maximum Gasteiger partial charge on any atom is 0.270 e. The van der Waals surface area contributed by atoms with Gasteiger partial charge < -0.3 is 10.1 Å². The molecule has 1 N–H and O–H groups in total. The van der Waals surface area contributed by atoms with E-state index in [-0.39, 0.29) is 11.9 Å². The highest BCUT2D eigenvalue weighted by atomic mass is 16.5. The van der Waals surface area contributed by atoms with Crippen LogP contribution in [0.1, 0.15) is 28.5 Å². The number of carbonyl (C=O) groups is 1. The van der Waals surface area contributed by atoms with E-state index in [1.54, 1.807) is 36.4 Å². The number of amides is 1. The van der Waals surface area contributed by atoms with Gasteiger partial charge in [-0.2, -0.15) is 5.10 Å². The van der Waals surface area contributed by atoms with Gasteiger partial charge in [-0.05, 0) is 18.1 Å². The SMILES string of the molecule is COc1ccnc(C(=O)NC(CCn2cncn2)c2ccccc2)c1. The highest BCUT2D eigenvalue weighted by molar-refractivity contribution is 5.92. The highest BCUT2D eigenvalue weighted by Crippen LogP contribution is 2.18. The van der Waals surface area contributed by atoms with Crippen molar-refractivity contribution >= 4 is 5.91 Å². The lowest BCUT2D eigenvalue weighted by Gasteiger charge is -2.19. The van der Waals surface area contributed by atoms with Crippen LogP contribution in [0.3, 0.4) is 0 Å². The number of methoxy groups -OCH3 is 1. The second kappa shape index (κ2) is 8.05. The van der Waals surface area contributed by atoms with E-state index < -0.39 is 0 Å². The molecule has 0 aliphatic carbocycles. The third-order valence-corrected chi connectivity index (χ3v) is 3.82. The van der Waals surface area contributed by atoms with Gasteiger partial charge in [0.25, 0.3) is 5.91 Å². The third-order valence-electron chi connectivity index (χ3n) is 3.82. The van der Waals surface area contributed by atoms with Crippen LogP contribution in [-0.2, 0) is 6.54 Å². The summed E-state index contributed by atoms with van der Waals surface area (Å²) >= 11 is 0. The smallest absolute Gasteiger partial charge is 0.270 e. The van der Waals surface area contributed by atoms with Gasteiger partial charge in [0.1, 0.15) is 24.1 Å². The molecular weight excluding hydrogens is 318 g/mol. The minimum Gasteiger partial charge on any atom is -0.497 e. The van der Waals surface area contributed by atoms with Gasteiger partial charge in [-0.15, -0.1) is 0 Å². The predicted molar refractivity (Wildman–Crippen MR) is 92.1 cm³/mol. The van der Waals surface area contributed by atoms with Gasteiger partial charge in [0.2, 0.25) is 0 Å². The quantitative estimate of drug-likeness (QED) is 0.715. The van der Waals surface area contributed by atoms with Crippen molar-refractivity contribution in [3.63, 3.8) is 0 Å². The summed E-state index contributed by atoms with van der Waals surface area (Å²) in [5.74, 6) is 0.352. The van der Waals surface area contributed by atoms with Crippen molar-refractivity contribution in [2.45, 2.75) is 19.0 Å². The Kier molecular flexibility index (Phi) is 5.36. The van der Waals surface area contributed by atoms with Gasteiger partial charge >= 0.3 is 0 Å². The molecule has 0 saturated heterocycles. The molecule has 0 spiro atoms. The minimum atomic E-state index is -0.244. The van der Waals surface area contributed by atoms with Gasteiger partial charge in [-0.3, -0.25) is 14.5 Å². The molecule has 1 aromatic carbocycles. The maximum atomic E-state index is 12.6. The monoisotopic (exact) mass is 337 g/mol. The lowest BCUT2D eigenvalue weighted by molar-refractivity contribution is 0.0928. The summed E-state index contributed by atoms with van der Waals surface area (Å²) in [6.45, 7) is 0.644. The molecular formula is C18H19N5O2. The molecule has 1 atom stereocenters. The molecule has 1 amide bonds. The van der Waals surface area contributed by atoms with Crippen molar-refractivity contribution in [1.29, 1.82) is 0 Å². The average molecular weight is 337 g/mol. The Morgan fingerprint density at radius 3 is 2.84 bits per heavy atom. The van der Waals surface area contributed by atoms with E-state index in [0.29, 0.717) is 24.4 Å². The van der Waals surface area contributed by atoms with E-state index in [1.807, 2.05) is 30.3 Å². The first-order chi connectivity index (χ1) is 12.3. The van der Waals surface area contributed by atoms with E-state index in [2.05, 4.69) is 20.4 Å². The first-order valence-corrected chi connectivity index (χ1v) is 7.94. The number of pyridine rings is 1. The largest absolute Gasteiger partial charge is 0.497 e. The van der Waals surface area contributed by atoms with Crippen molar-refractivity contribution < 1.29 is 9.53 Å². The first kappa shape index (κ1) is 16.6. The number of hydrogen-bond acceptors (Lipinski definition) is 5. The summed E-state index contributed by atoms with van der Waals surface area (Å²) in [6, 6.07) is 13.0. The maximum absolute atomic E-state index is 12.6. The summed E-state index contributed by atoms with van der Waals surface area (Å²) in [7, 11) is 1.56. The Hall–Kier alpha value is -3.22. The molecule has 7 nitrogen and oxygen atoms in total. The molecule has 3 rings (SSSR count). The summed E-state index contributed by atoms with van der Waals surface area (Å²) < 4.78 is 6.89. The zero-order valence-electron chi connectivity index (χ0n) is 13.9. The molecule has 0 fully saturated rings. The zero-order chi connectivity index (χ0) is 17.5. The fourth-order valence-electron chi connectivity index (χ4n) is 2.51. The number of nitrogens with one attached hydrogen (secondary N) is 1. The van der Waals surface area contributed by atoms with Gasteiger partial charge in [0, 0.05) is 18.8 Å². The summed E-state index contributed by atoms with van der Waals surface area (Å²) in [5, 5.41) is 7.15. The van der Waals surface area contributed by atoms with Gasteiger partial charge in [0.15, 0.2) is 0 Å². The standard InChI is InChI=1S/C18H19N5O2/c1-25-15-7-9-20-17(11-15)18(24)22-16(14-5-3-2-4-6-14)8-10-23-13-19-12-21-23/h2-7,9,11-13,16H,8,10H2,1H3,(H,22,24). The van der Waals surface area contributed by atoms with E-state index >= 15 is 0 Å². The number of carbonyl (C=O) groups excluding carboxylic acids is 1. The first-order valence-electron chi connectivity index (χ1n) is 7.94. The number of rotatable bonds is 7. The average Bonchev–Trinajstić information content (AvgIpc) is 3.19. The predicted octanol–water partition coefficient (Wildman–Crippen LogP) is 2.24. The van der Waals surface area contributed by atoms with E-state index in [4.69, 9.17) is 4.74 Å². The summed E-state index contributed by atoms with van der Waals surface area (Å²) in [6.07, 6.45) is 5.40. The van der Waals surface area contributed by atoms with Crippen LogP contribution in [0.5, 0.6) is 5.75 Å². The molecule has 0 saturated carbocycles. The van der Waals surface area contributed by atoms with Gasteiger partial charge in [-0.1, -0.05) is 30.3 Å². The third kappa shape index (κ3) is 4.41. The van der Waals surface area contributed by atoms with Crippen LogP contribution in [0.4, 0.5) is 0 Å². The van der Waals surface area contributed by atoms with Crippen molar-refractivity contribution in [3.8, 4) is 5.75 Å². The van der Waals surface area contributed by atoms with Gasteiger partial charge in [0.05, 0.1) is 13.2 Å². The van der Waals surface area contributed by atoms with Crippen LogP contribution in [0, 0.1) is 0 Å². The van der Waals surface area contributed by atoms with E-state index in [0.717, 1.165) is 5.56 Å². The lowest BCUT2D eigenvalue weighted by Crippen LogP contribution is -2.30. The lowest BCUT2D eigenvalue weighted by atomic mass is 10.0. The molecule has 25 heavy (non-hydrogen) atoms. The molecule has 0 aliphatic heterocycles. The van der Waals surface area contributed by atoms with Crippen LogP contribution in [0.25, 0.3) is 0 Å². The normalized spacial score (nSPS) is 11.7. The fourth-order valence-corrected chi connectivity index (χ4v) is 2.51. The number of nitrogens with zero attached hydrogens (tertiary/aromatic N) is 4. The van der Waals surface area contributed by atoms with Crippen LogP contribution < -0.4 is 10.1 Å². The van der Waals surface area contributed by atoms with Crippen molar-refractivity contribution in [2.24, 2.45) is 0 Å². The molecule has 2 aromatic heterocycles. The number of benzene rings is 1. The molecule has 0 aliphatic rings. The molecule has 0 bridgehead atoms. The summed E-state index contributed by atoms with van der Waals surface area (Å²) in [5.41, 5.74) is 1.35. The van der Waals surface area contributed by atoms with E-state index in [1.165, 1.54) is 6.33 Å². The topological polar surface area (TPSA) is 81.9 Å². The van der Waals surface area contributed by atoms with Crippen molar-refractivity contribution in [1.82, 2.24) is 25.1 Å². The van der Waals surface area contributed by atoms with Crippen molar-refractivity contribution in [3.05, 3.63) is 72.6 Å². The Balaban J connectivity index is 1.75. The van der Waals surface area contributed by atoms with Crippen LogP contribution in [-0.4, -0.2) is 32.8 Å². The van der Waals surface area contributed by atoms with Crippen LogP contribution in [0.2, 0.25) is 0 Å². The number of hydrogen-bond donors (Lipinski definition) is 1. The number of aromatic nitrogens is 4. The second-order valence-electron chi connectivity index (χ2n) is 5.46. The zero-order valence-corrected chi connectivity index (χ0v) is 13.9. The Morgan fingerprint density at radius 1 is 1.28 bits per heavy atom. The summed E-state index contributed by atoms with van der Waals surface area (Å²) in [4.78, 5) is 20.7. The molecule has 0 radical (unpaired) electrons. The fraction of sp³-hybridized carbons (Fsp3) is 0.222. The van der Waals surface area contributed by atoms with Crippen LogP contribution >= 0.6 is 0 Å². The Bertz CT molecular complexity index is 805. The molecule has 2 heterocycles.